The van der Waals surface area contributed by atoms with Crippen molar-refractivity contribution in [2.75, 3.05) is 0 Å². The fourth-order valence-corrected chi connectivity index (χ4v) is 2.41. The van der Waals surface area contributed by atoms with Crippen LogP contribution in [-0.2, 0) is 4.79 Å². The lowest BCUT2D eigenvalue weighted by Gasteiger charge is -2.14. The Morgan fingerprint density at radius 1 is 1.45 bits per heavy atom. The van der Waals surface area contributed by atoms with Gasteiger partial charge in [0, 0.05) is 12.3 Å². The van der Waals surface area contributed by atoms with Crippen molar-refractivity contribution in [3.05, 3.63) is 12.2 Å². The summed E-state index contributed by atoms with van der Waals surface area (Å²) in [4.78, 5) is 11.4. The maximum absolute atomic E-state index is 11.4. The zero-order valence-corrected chi connectivity index (χ0v) is 6.92. The fraction of sp³-hybridized carbons (Fsp3) is 0.700. The minimum atomic E-state index is 0.384. The zero-order valence-electron chi connectivity index (χ0n) is 6.92. The molecular formula is C10H14O. The topological polar surface area (TPSA) is 17.1 Å². The molecule has 2 aliphatic carbocycles. The molecule has 1 saturated carbocycles. The third kappa shape index (κ3) is 1.03. The molecule has 1 nitrogen and oxygen atoms in total. The predicted molar refractivity (Wildman–Crippen MR) is 44.1 cm³/mol. The molecule has 1 unspecified atom stereocenters. The van der Waals surface area contributed by atoms with Crippen molar-refractivity contribution >= 4 is 5.78 Å². The second kappa shape index (κ2) is 2.47. The summed E-state index contributed by atoms with van der Waals surface area (Å²) in [5.41, 5.74) is 0. The van der Waals surface area contributed by atoms with Gasteiger partial charge in [0.1, 0.15) is 5.78 Å². The van der Waals surface area contributed by atoms with E-state index in [9.17, 15) is 4.79 Å². The Labute approximate surface area is 67.5 Å². The largest absolute Gasteiger partial charge is 0.299 e. The molecule has 0 spiro atoms. The summed E-state index contributed by atoms with van der Waals surface area (Å²) >= 11 is 0. The number of Topliss-reactive ketones (excluding diaryl/α,β-unsaturated/α-hetero) is 1. The molecule has 0 aromatic carbocycles. The smallest absolute Gasteiger partial charge is 0.136 e. The van der Waals surface area contributed by atoms with Crippen LogP contribution in [0.1, 0.15) is 26.2 Å². The van der Waals surface area contributed by atoms with Crippen molar-refractivity contribution in [2.24, 2.45) is 17.8 Å². The average Bonchev–Trinajstić information content (AvgIpc) is 2.62. The molecule has 0 aromatic rings. The molecule has 3 atom stereocenters. The normalized spacial score (nSPS) is 39.9. The summed E-state index contributed by atoms with van der Waals surface area (Å²) < 4.78 is 0. The van der Waals surface area contributed by atoms with Gasteiger partial charge in [-0.25, -0.2) is 0 Å². The molecule has 0 amide bonds. The molecule has 2 bridgehead atoms. The number of carbonyl (C=O) groups is 1. The first-order valence-electron chi connectivity index (χ1n) is 4.52. The standard InChI is InChI=1S/C10H14O/c1-2-10(11)9-6-7-3-4-8(9)5-7/h3-4,7-9H,2,5-6H2,1H3/t7-,8+,9?/m0/s1. The number of hydrogen-bond acceptors (Lipinski definition) is 1. The predicted octanol–water partition coefficient (Wildman–Crippen LogP) is 2.18. The number of ketones is 1. The number of allylic oxidation sites excluding steroid dienone is 2. The van der Waals surface area contributed by atoms with Crippen LogP contribution in [0.3, 0.4) is 0 Å². The molecule has 2 aliphatic rings. The monoisotopic (exact) mass is 150 g/mol. The highest BCUT2D eigenvalue weighted by Gasteiger charge is 2.38. The van der Waals surface area contributed by atoms with Gasteiger partial charge in [0.25, 0.3) is 0 Å². The van der Waals surface area contributed by atoms with E-state index >= 15 is 0 Å². The van der Waals surface area contributed by atoms with Crippen molar-refractivity contribution in [3.8, 4) is 0 Å². The molecule has 60 valence electrons. The van der Waals surface area contributed by atoms with Gasteiger partial charge in [-0.2, -0.15) is 0 Å². The first-order chi connectivity index (χ1) is 5.31. The molecule has 1 fully saturated rings. The van der Waals surface area contributed by atoms with E-state index in [2.05, 4.69) is 12.2 Å². The lowest BCUT2D eigenvalue weighted by molar-refractivity contribution is -0.123. The molecule has 0 saturated heterocycles. The van der Waals surface area contributed by atoms with Crippen LogP contribution < -0.4 is 0 Å². The van der Waals surface area contributed by atoms with Gasteiger partial charge in [-0.05, 0) is 24.7 Å². The van der Waals surface area contributed by atoms with Crippen LogP contribution in [-0.4, -0.2) is 5.78 Å². The van der Waals surface area contributed by atoms with E-state index in [-0.39, 0.29) is 0 Å². The summed E-state index contributed by atoms with van der Waals surface area (Å²) in [5, 5.41) is 0. The Kier molecular flexibility index (Phi) is 1.59. The van der Waals surface area contributed by atoms with Crippen LogP contribution in [0.25, 0.3) is 0 Å². The molecule has 11 heavy (non-hydrogen) atoms. The second-order valence-electron chi connectivity index (χ2n) is 3.71. The minimum absolute atomic E-state index is 0.384. The molecule has 0 N–H and O–H groups in total. The molecule has 0 heterocycles. The summed E-state index contributed by atoms with van der Waals surface area (Å²) in [7, 11) is 0. The summed E-state index contributed by atoms with van der Waals surface area (Å²) in [5.74, 6) is 2.20. The molecule has 0 aromatic heterocycles. The Morgan fingerprint density at radius 3 is 2.73 bits per heavy atom. The van der Waals surface area contributed by atoms with Crippen molar-refractivity contribution in [1.82, 2.24) is 0 Å². The van der Waals surface area contributed by atoms with Crippen LogP contribution in [0.4, 0.5) is 0 Å². The van der Waals surface area contributed by atoms with Crippen molar-refractivity contribution in [3.63, 3.8) is 0 Å². The fourth-order valence-electron chi connectivity index (χ4n) is 2.41. The molecular weight excluding hydrogens is 136 g/mol. The summed E-state index contributed by atoms with van der Waals surface area (Å²) in [6, 6.07) is 0. The van der Waals surface area contributed by atoms with Crippen molar-refractivity contribution in [2.45, 2.75) is 26.2 Å². The molecule has 2 rings (SSSR count). The lowest BCUT2D eigenvalue weighted by atomic mass is 9.89. The lowest BCUT2D eigenvalue weighted by Crippen LogP contribution is -2.17. The molecule has 0 aliphatic heterocycles. The average molecular weight is 150 g/mol. The Hall–Kier alpha value is -0.590. The third-order valence-electron chi connectivity index (χ3n) is 3.04. The van der Waals surface area contributed by atoms with E-state index in [0.29, 0.717) is 17.6 Å². The highest BCUT2D eigenvalue weighted by Crippen LogP contribution is 2.43. The Morgan fingerprint density at radius 2 is 2.27 bits per heavy atom. The van der Waals surface area contributed by atoms with Crippen LogP contribution in [0.5, 0.6) is 0 Å². The highest BCUT2D eigenvalue weighted by atomic mass is 16.1. The Balaban J connectivity index is 2.08. The number of hydrogen-bond donors (Lipinski definition) is 0. The number of carbonyl (C=O) groups excluding carboxylic acids is 1. The van der Waals surface area contributed by atoms with Gasteiger partial charge in [0.15, 0.2) is 0 Å². The minimum Gasteiger partial charge on any atom is -0.299 e. The zero-order chi connectivity index (χ0) is 7.84. The Bertz CT molecular complexity index is 205. The molecule has 0 radical (unpaired) electrons. The van der Waals surface area contributed by atoms with Gasteiger partial charge in [-0.15, -0.1) is 0 Å². The van der Waals surface area contributed by atoms with E-state index in [0.717, 1.165) is 18.8 Å². The highest BCUT2D eigenvalue weighted by molar-refractivity contribution is 5.81. The summed E-state index contributed by atoms with van der Waals surface area (Å²) in [6.45, 7) is 1.97. The number of rotatable bonds is 2. The van der Waals surface area contributed by atoms with Crippen molar-refractivity contribution < 1.29 is 4.79 Å². The first-order valence-corrected chi connectivity index (χ1v) is 4.52. The van der Waals surface area contributed by atoms with Gasteiger partial charge in [0.05, 0.1) is 0 Å². The van der Waals surface area contributed by atoms with Gasteiger partial charge in [-0.1, -0.05) is 19.1 Å². The van der Waals surface area contributed by atoms with Crippen LogP contribution in [0.15, 0.2) is 12.2 Å². The van der Waals surface area contributed by atoms with Gasteiger partial charge in [0.2, 0.25) is 0 Å². The van der Waals surface area contributed by atoms with Crippen LogP contribution >= 0.6 is 0 Å². The van der Waals surface area contributed by atoms with Crippen LogP contribution in [0.2, 0.25) is 0 Å². The van der Waals surface area contributed by atoms with E-state index in [4.69, 9.17) is 0 Å². The van der Waals surface area contributed by atoms with Gasteiger partial charge < -0.3 is 0 Å². The van der Waals surface area contributed by atoms with Crippen LogP contribution in [0, 0.1) is 17.8 Å². The SMILES string of the molecule is CCC(=O)C1C[C@H]2C=C[C@@H]1C2. The first kappa shape index (κ1) is 7.08. The maximum atomic E-state index is 11.4. The summed E-state index contributed by atoms with van der Waals surface area (Å²) in [6.07, 6.45) is 7.63. The molecule has 1 heteroatoms. The van der Waals surface area contributed by atoms with E-state index in [1.807, 2.05) is 6.92 Å². The van der Waals surface area contributed by atoms with E-state index in [1.165, 1.54) is 6.42 Å². The number of fused-ring (bicyclic) bond motifs is 2. The quantitative estimate of drug-likeness (QED) is 0.551. The second-order valence-corrected chi connectivity index (χ2v) is 3.71. The van der Waals surface area contributed by atoms with Gasteiger partial charge >= 0.3 is 0 Å². The third-order valence-corrected chi connectivity index (χ3v) is 3.04. The van der Waals surface area contributed by atoms with Crippen molar-refractivity contribution in [1.29, 1.82) is 0 Å². The van der Waals surface area contributed by atoms with Gasteiger partial charge in [-0.3, -0.25) is 4.79 Å². The van der Waals surface area contributed by atoms with E-state index in [1.54, 1.807) is 0 Å². The maximum Gasteiger partial charge on any atom is 0.136 e. The van der Waals surface area contributed by atoms with E-state index < -0.39 is 0 Å².